The molecule has 1 aliphatic rings. The lowest BCUT2D eigenvalue weighted by atomic mass is 9.85. The van der Waals surface area contributed by atoms with Gasteiger partial charge in [0.25, 0.3) is 0 Å². The molecule has 0 radical (unpaired) electrons. The van der Waals surface area contributed by atoms with Crippen molar-refractivity contribution in [3.63, 3.8) is 0 Å². The number of hydrogen-bond donors (Lipinski definition) is 1. The Balaban J connectivity index is 2.00. The van der Waals surface area contributed by atoms with Crippen molar-refractivity contribution in [2.75, 3.05) is 0 Å². The summed E-state index contributed by atoms with van der Waals surface area (Å²) in [6.07, 6.45) is 5.80. The summed E-state index contributed by atoms with van der Waals surface area (Å²) in [4.78, 5) is 5.37. The zero-order valence-corrected chi connectivity index (χ0v) is 15.1. The largest absolute Gasteiger partial charge is 0.381 e. The molecule has 3 aromatic rings. The molecule has 24 heavy (non-hydrogen) atoms. The molecule has 2 nitrogen and oxygen atoms in total. The van der Waals surface area contributed by atoms with Gasteiger partial charge in [0.2, 0.25) is 0 Å². The highest BCUT2D eigenvalue weighted by molar-refractivity contribution is 7.13. The van der Waals surface area contributed by atoms with Gasteiger partial charge in [-0.1, -0.05) is 23.7 Å². The first-order chi connectivity index (χ1) is 11.5. The summed E-state index contributed by atoms with van der Waals surface area (Å²) in [5, 5.41) is 5.60. The first-order valence-corrected chi connectivity index (χ1v) is 9.03. The van der Waals surface area contributed by atoms with Crippen LogP contribution in [0.15, 0.2) is 54.9 Å². The van der Waals surface area contributed by atoms with E-state index in [1.54, 1.807) is 11.3 Å². The molecular formula is C20H17ClN2S. The minimum absolute atomic E-state index is 0.141. The average Bonchev–Trinajstić information content (AvgIpc) is 3.00. The van der Waals surface area contributed by atoms with Crippen molar-refractivity contribution in [2.45, 2.75) is 19.4 Å². The standard InChI is InChI=1S/C20H17ClN2S/c1-20(2)19(14-3-5-15(21)6-4-14)16-11-17(24-18(16)12-23-20)13-7-9-22-10-8-13/h3-12,23H,1-2H3. The van der Waals surface area contributed by atoms with Crippen molar-refractivity contribution in [3.8, 4) is 10.4 Å². The molecule has 0 unspecified atom stereocenters. The van der Waals surface area contributed by atoms with Gasteiger partial charge in [-0.3, -0.25) is 4.98 Å². The molecule has 0 atom stereocenters. The zero-order valence-electron chi connectivity index (χ0n) is 13.5. The topological polar surface area (TPSA) is 24.9 Å². The van der Waals surface area contributed by atoms with Gasteiger partial charge < -0.3 is 5.32 Å². The molecule has 0 saturated carbocycles. The van der Waals surface area contributed by atoms with E-state index in [1.807, 2.05) is 24.5 Å². The maximum absolute atomic E-state index is 6.07. The molecule has 0 spiro atoms. The molecular weight excluding hydrogens is 336 g/mol. The van der Waals surface area contributed by atoms with Gasteiger partial charge in [0, 0.05) is 33.7 Å². The molecule has 2 aromatic heterocycles. The number of nitrogens with zero attached hydrogens (tertiary/aromatic N) is 1. The van der Waals surface area contributed by atoms with Crippen LogP contribution in [-0.4, -0.2) is 10.5 Å². The van der Waals surface area contributed by atoms with Crippen LogP contribution in [0.5, 0.6) is 0 Å². The van der Waals surface area contributed by atoms with E-state index >= 15 is 0 Å². The van der Waals surface area contributed by atoms with E-state index in [9.17, 15) is 0 Å². The van der Waals surface area contributed by atoms with Crippen LogP contribution in [0.1, 0.15) is 19.4 Å². The van der Waals surface area contributed by atoms with Crippen molar-refractivity contribution >= 4 is 34.7 Å². The monoisotopic (exact) mass is 352 g/mol. The Morgan fingerprint density at radius 2 is 1.71 bits per heavy atom. The number of thiophene rings is 1. The second kappa shape index (κ2) is 5.76. The molecule has 1 N–H and O–H groups in total. The number of hydrogen-bond acceptors (Lipinski definition) is 3. The summed E-state index contributed by atoms with van der Waals surface area (Å²) in [5.74, 6) is 0. The number of fused-ring (bicyclic) bond motifs is 1. The van der Waals surface area contributed by atoms with Crippen LogP contribution in [-0.2, 0) is 0 Å². The highest BCUT2D eigenvalue weighted by Crippen LogP contribution is 2.28. The fourth-order valence-electron chi connectivity index (χ4n) is 3.15. The van der Waals surface area contributed by atoms with Crippen LogP contribution in [0.25, 0.3) is 22.2 Å². The van der Waals surface area contributed by atoms with E-state index in [0.717, 1.165) is 5.02 Å². The van der Waals surface area contributed by atoms with Gasteiger partial charge in [-0.15, -0.1) is 11.3 Å². The zero-order chi connectivity index (χ0) is 16.7. The van der Waals surface area contributed by atoms with Gasteiger partial charge in [-0.05, 0) is 60.9 Å². The molecule has 4 heteroatoms. The molecule has 1 aliphatic heterocycles. The molecule has 0 amide bonds. The van der Waals surface area contributed by atoms with Crippen LogP contribution in [0, 0.1) is 0 Å². The third kappa shape index (κ3) is 2.64. The van der Waals surface area contributed by atoms with E-state index in [2.05, 4.69) is 60.7 Å². The van der Waals surface area contributed by atoms with Crippen LogP contribution in [0.2, 0.25) is 5.02 Å². The van der Waals surface area contributed by atoms with E-state index in [-0.39, 0.29) is 5.54 Å². The maximum Gasteiger partial charge on any atom is 0.0576 e. The maximum atomic E-state index is 6.07. The molecule has 3 heterocycles. The number of rotatable bonds is 2. The van der Waals surface area contributed by atoms with Crippen LogP contribution in [0.4, 0.5) is 0 Å². The number of benzene rings is 1. The van der Waals surface area contributed by atoms with E-state index in [1.165, 1.54) is 31.3 Å². The average molecular weight is 353 g/mol. The van der Waals surface area contributed by atoms with Crippen molar-refractivity contribution < 1.29 is 0 Å². The summed E-state index contributed by atoms with van der Waals surface area (Å²) in [6.45, 7) is 4.42. The molecule has 120 valence electrons. The molecule has 0 saturated heterocycles. The molecule has 1 aromatic carbocycles. The number of nitrogens with one attached hydrogen (secondary N) is 1. The van der Waals surface area contributed by atoms with Gasteiger partial charge in [0.05, 0.1) is 10.1 Å². The summed E-state index contributed by atoms with van der Waals surface area (Å²) in [6, 6.07) is 14.5. The van der Waals surface area contributed by atoms with Crippen molar-refractivity contribution in [1.82, 2.24) is 10.3 Å². The van der Waals surface area contributed by atoms with E-state index in [4.69, 9.17) is 11.6 Å². The second-order valence-corrected chi connectivity index (χ2v) is 7.94. The Kier molecular flexibility index (Phi) is 3.70. The molecule has 0 bridgehead atoms. The fraction of sp³-hybridized carbons (Fsp3) is 0.150. The lowest BCUT2D eigenvalue weighted by Crippen LogP contribution is -2.47. The minimum atomic E-state index is -0.141. The first kappa shape index (κ1) is 15.4. The number of halogens is 1. The Labute approximate surface area is 150 Å². The van der Waals surface area contributed by atoms with Crippen molar-refractivity contribution in [2.24, 2.45) is 0 Å². The number of aromatic nitrogens is 1. The normalized spacial score (nSPS) is 15.4. The van der Waals surface area contributed by atoms with Crippen LogP contribution < -0.4 is 15.1 Å². The third-order valence-electron chi connectivity index (χ3n) is 4.32. The summed E-state index contributed by atoms with van der Waals surface area (Å²) >= 11 is 7.87. The fourth-order valence-corrected chi connectivity index (χ4v) is 4.34. The van der Waals surface area contributed by atoms with Crippen LogP contribution >= 0.6 is 22.9 Å². The lowest BCUT2D eigenvalue weighted by Gasteiger charge is -2.31. The molecule has 4 rings (SSSR count). The van der Waals surface area contributed by atoms with Gasteiger partial charge in [-0.2, -0.15) is 0 Å². The van der Waals surface area contributed by atoms with Crippen LogP contribution in [0.3, 0.4) is 0 Å². The Morgan fingerprint density at radius 1 is 1.00 bits per heavy atom. The Morgan fingerprint density at radius 3 is 2.42 bits per heavy atom. The Hall–Kier alpha value is -2.10. The highest BCUT2D eigenvalue weighted by atomic mass is 35.5. The summed E-state index contributed by atoms with van der Waals surface area (Å²) < 4.78 is 1.26. The van der Waals surface area contributed by atoms with Crippen molar-refractivity contribution in [1.29, 1.82) is 0 Å². The second-order valence-electron chi connectivity index (χ2n) is 6.42. The quantitative estimate of drug-likeness (QED) is 0.759. The first-order valence-electron chi connectivity index (χ1n) is 7.83. The highest BCUT2D eigenvalue weighted by Gasteiger charge is 2.27. The minimum Gasteiger partial charge on any atom is -0.381 e. The van der Waals surface area contributed by atoms with Gasteiger partial charge in [0.15, 0.2) is 0 Å². The number of pyridine rings is 1. The van der Waals surface area contributed by atoms with Crippen molar-refractivity contribution in [3.05, 3.63) is 75.2 Å². The van der Waals surface area contributed by atoms with Gasteiger partial charge in [-0.25, -0.2) is 0 Å². The summed E-state index contributed by atoms with van der Waals surface area (Å²) in [5.41, 5.74) is 3.56. The lowest BCUT2D eigenvalue weighted by molar-refractivity contribution is 0.584. The van der Waals surface area contributed by atoms with E-state index < -0.39 is 0 Å². The predicted octanol–water partition coefficient (Wildman–Crippen LogP) is 3.78. The van der Waals surface area contributed by atoms with Gasteiger partial charge >= 0.3 is 0 Å². The smallest absolute Gasteiger partial charge is 0.0576 e. The molecule has 0 fully saturated rings. The SMILES string of the molecule is CC1(C)NC=c2sc(-c3ccncc3)cc2=C1c1ccc(Cl)cc1. The Bertz CT molecular complexity index is 1000. The third-order valence-corrected chi connectivity index (χ3v) is 5.70. The summed E-state index contributed by atoms with van der Waals surface area (Å²) in [7, 11) is 0. The van der Waals surface area contributed by atoms with Gasteiger partial charge in [0.1, 0.15) is 0 Å². The molecule has 0 aliphatic carbocycles. The predicted molar refractivity (Wildman–Crippen MR) is 102 cm³/mol. The van der Waals surface area contributed by atoms with E-state index in [0.29, 0.717) is 0 Å².